The molecule has 0 spiro atoms. The zero-order valence-electron chi connectivity index (χ0n) is 17.0. The lowest BCUT2D eigenvalue weighted by Crippen LogP contribution is -2.15. The molecule has 31 heavy (non-hydrogen) atoms. The maximum absolute atomic E-state index is 13.2. The van der Waals surface area contributed by atoms with Crippen LogP contribution in [0.15, 0.2) is 53.9 Å². The number of nitrogens with one attached hydrogen (secondary N) is 1. The Labute approximate surface area is 182 Å². The third-order valence-electron chi connectivity index (χ3n) is 4.53. The van der Waals surface area contributed by atoms with Gasteiger partial charge >= 0.3 is 0 Å². The van der Waals surface area contributed by atoms with Crippen LogP contribution in [-0.2, 0) is 0 Å². The monoisotopic (exact) mass is 438 g/mol. The van der Waals surface area contributed by atoms with E-state index in [0.717, 1.165) is 11.3 Å². The molecule has 1 N–H and O–H groups in total. The van der Waals surface area contributed by atoms with E-state index in [0.29, 0.717) is 33.7 Å². The molecule has 0 saturated carbocycles. The number of ether oxygens (including phenoxy) is 2. The first-order valence-corrected chi connectivity index (χ1v) is 10.2. The quantitative estimate of drug-likeness (QED) is 0.472. The predicted octanol–water partition coefficient (Wildman–Crippen LogP) is 4.71. The minimum atomic E-state index is -0.322. The van der Waals surface area contributed by atoms with E-state index in [2.05, 4.69) is 15.4 Å². The lowest BCUT2D eigenvalue weighted by Gasteiger charge is -2.10. The highest BCUT2D eigenvalue weighted by molar-refractivity contribution is 7.12. The second-order valence-corrected chi connectivity index (χ2v) is 7.47. The fourth-order valence-corrected chi connectivity index (χ4v) is 3.81. The summed E-state index contributed by atoms with van der Waals surface area (Å²) in [4.78, 5) is 17.4. The number of carbonyl (C=O) groups is 1. The number of hydrogen-bond donors (Lipinski definition) is 1. The molecule has 2 heterocycles. The Balaban J connectivity index is 1.61. The highest BCUT2D eigenvalue weighted by Crippen LogP contribution is 2.29. The summed E-state index contributed by atoms with van der Waals surface area (Å²) in [7, 11) is 3.05. The Bertz CT molecular complexity index is 1230. The summed E-state index contributed by atoms with van der Waals surface area (Å²) in [5.41, 5.74) is 2.63. The number of nitrogens with zero attached hydrogens (tertiary/aromatic N) is 3. The molecule has 0 aliphatic rings. The maximum atomic E-state index is 13.2. The topological polar surface area (TPSA) is 78.3 Å². The Kier molecular flexibility index (Phi) is 5.68. The van der Waals surface area contributed by atoms with Crippen molar-refractivity contribution < 1.29 is 18.7 Å². The van der Waals surface area contributed by atoms with Crippen LogP contribution >= 0.6 is 11.3 Å². The molecular weight excluding hydrogens is 419 g/mol. The summed E-state index contributed by atoms with van der Waals surface area (Å²) in [6.45, 7) is 1.83. The van der Waals surface area contributed by atoms with E-state index >= 15 is 0 Å². The molecule has 4 rings (SSSR count). The van der Waals surface area contributed by atoms with Crippen molar-refractivity contribution in [3.05, 3.63) is 71.0 Å². The van der Waals surface area contributed by atoms with E-state index in [1.54, 1.807) is 41.1 Å². The number of methoxy groups -OCH3 is 2. The van der Waals surface area contributed by atoms with Gasteiger partial charge in [-0.3, -0.25) is 4.79 Å². The van der Waals surface area contributed by atoms with Gasteiger partial charge in [0.05, 0.1) is 25.6 Å². The Morgan fingerprint density at radius 2 is 1.81 bits per heavy atom. The molecule has 0 fully saturated rings. The van der Waals surface area contributed by atoms with Crippen molar-refractivity contribution in [2.45, 2.75) is 6.92 Å². The van der Waals surface area contributed by atoms with Gasteiger partial charge in [-0.1, -0.05) is 0 Å². The average molecular weight is 438 g/mol. The van der Waals surface area contributed by atoms with E-state index in [-0.39, 0.29) is 11.7 Å². The number of rotatable bonds is 6. The number of anilines is 1. The number of hydrogen-bond acceptors (Lipinski definition) is 6. The van der Waals surface area contributed by atoms with Gasteiger partial charge in [0.1, 0.15) is 11.6 Å². The number of halogens is 1. The van der Waals surface area contributed by atoms with Crippen LogP contribution in [0.4, 0.5) is 10.2 Å². The number of aromatic nitrogens is 3. The smallest absolute Gasteiger partial charge is 0.256 e. The summed E-state index contributed by atoms with van der Waals surface area (Å²) < 4.78 is 25.3. The highest BCUT2D eigenvalue weighted by atomic mass is 32.1. The molecule has 0 atom stereocenters. The molecule has 0 aliphatic heterocycles. The number of aryl methyl sites for hydroxylation is 1. The van der Waals surface area contributed by atoms with Gasteiger partial charge in [0.2, 0.25) is 5.13 Å². The molecule has 0 unspecified atom stereocenters. The van der Waals surface area contributed by atoms with Gasteiger partial charge in [-0.25, -0.2) is 9.37 Å². The first kappa shape index (κ1) is 20.5. The first-order valence-electron chi connectivity index (χ1n) is 9.30. The molecule has 158 valence electrons. The van der Waals surface area contributed by atoms with Crippen LogP contribution in [0.25, 0.3) is 16.4 Å². The number of amides is 1. The molecule has 2 aromatic carbocycles. The molecule has 0 saturated heterocycles. The van der Waals surface area contributed by atoms with Crippen LogP contribution in [0.5, 0.6) is 11.5 Å². The van der Waals surface area contributed by atoms with Gasteiger partial charge in [0.25, 0.3) is 5.91 Å². The highest BCUT2D eigenvalue weighted by Gasteiger charge is 2.17. The molecule has 0 bridgehead atoms. The van der Waals surface area contributed by atoms with Crippen molar-refractivity contribution in [3.63, 3.8) is 0 Å². The van der Waals surface area contributed by atoms with Crippen LogP contribution in [0.2, 0.25) is 0 Å². The largest absolute Gasteiger partial charge is 0.493 e. The van der Waals surface area contributed by atoms with Gasteiger partial charge in [-0.15, -0.1) is 11.3 Å². The normalized spacial score (nSPS) is 10.7. The van der Waals surface area contributed by atoms with E-state index in [4.69, 9.17) is 9.47 Å². The molecule has 0 aliphatic carbocycles. The van der Waals surface area contributed by atoms with Gasteiger partial charge < -0.3 is 14.8 Å². The zero-order valence-corrected chi connectivity index (χ0v) is 17.9. The van der Waals surface area contributed by atoms with Crippen LogP contribution in [0.1, 0.15) is 16.1 Å². The molecule has 0 radical (unpaired) electrons. The van der Waals surface area contributed by atoms with Crippen molar-refractivity contribution in [2.24, 2.45) is 0 Å². The zero-order chi connectivity index (χ0) is 22.0. The predicted molar refractivity (Wildman–Crippen MR) is 117 cm³/mol. The van der Waals surface area contributed by atoms with Gasteiger partial charge in [0, 0.05) is 22.6 Å². The second kappa shape index (κ2) is 8.57. The Morgan fingerprint density at radius 1 is 1.06 bits per heavy atom. The van der Waals surface area contributed by atoms with E-state index in [9.17, 15) is 9.18 Å². The van der Waals surface area contributed by atoms with Crippen molar-refractivity contribution in [3.8, 4) is 27.9 Å². The Hall–Kier alpha value is -3.72. The van der Waals surface area contributed by atoms with Gasteiger partial charge in [-0.05, 0) is 49.4 Å². The molecular formula is C22H19FN4O3S. The van der Waals surface area contributed by atoms with Gasteiger partial charge in [0.15, 0.2) is 11.5 Å². The standard InChI is InChI=1S/C22H19FN4O3S/c1-13-10-20(25-21(28)15-6-9-18(29-2)19(11-15)30-3)27(26-13)22-24-17(12-31-22)14-4-7-16(23)8-5-14/h4-12H,1-3H3,(H,25,28). The number of carbonyl (C=O) groups excluding carboxylic acids is 1. The summed E-state index contributed by atoms with van der Waals surface area (Å²) in [5.74, 6) is 0.858. The third-order valence-corrected chi connectivity index (χ3v) is 5.35. The van der Waals surface area contributed by atoms with Crippen LogP contribution in [-0.4, -0.2) is 34.9 Å². The molecule has 4 aromatic rings. The minimum absolute atomic E-state index is 0.304. The molecule has 2 aromatic heterocycles. The summed E-state index contributed by atoms with van der Waals surface area (Å²) in [6, 6.07) is 12.8. The number of thiazole rings is 1. The van der Waals surface area contributed by atoms with Crippen molar-refractivity contribution in [1.82, 2.24) is 14.8 Å². The molecule has 1 amide bonds. The fourth-order valence-electron chi connectivity index (χ4n) is 3.02. The third kappa shape index (κ3) is 4.26. The second-order valence-electron chi connectivity index (χ2n) is 6.63. The number of benzene rings is 2. The summed E-state index contributed by atoms with van der Waals surface area (Å²) in [6.07, 6.45) is 0. The lowest BCUT2D eigenvalue weighted by atomic mass is 10.2. The van der Waals surface area contributed by atoms with Crippen molar-refractivity contribution >= 4 is 23.1 Å². The van der Waals surface area contributed by atoms with Crippen LogP contribution in [0.3, 0.4) is 0 Å². The molecule has 7 nitrogen and oxygen atoms in total. The van der Waals surface area contributed by atoms with Crippen molar-refractivity contribution in [2.75, 3.05) is 19.5 Å². The van der Waals surface area contributed by atoms with E-state index in [1.165, 1.54) is 37.7 Å². The minimum Gasteiger partial charge on any atom is -0.493 e. The Morgan fingerprint density at radius 3 is 2.52 bits per heavy atom. The van der Waals surface area contributed by atoms with E-state index in [1.807, 2.05) is 12.3 Å². The van der Waals surface area contributed by atoms with E-state index < -0.39 is 0 Å². The SMILES string of the molecule is COc1ccc(C(=O)Nc2cc(C)nn2-c2nc(-c3ccc(F)cc3)cs2)cc1OC. The summed E-state index contributed by atoms with van der Waals surface area (Å²) >= 11 is 1.37. The first-order chi connectivity index (χ1) is 15.0. The van der Waals surface area contributed by atoms with Crippen LogP contribution < -0.4 is 14.8 Å². The van der Waals surface area contributed by atoms with Crippen LogP contribution in [0, 0.1) is 12.7 Å². The van der Waals surface area contributed by atoms with Crippen molar-refractivity contribution in [1.29, 1.82) is 0 Å². The maximum Gasteiger partial charge on any atom is 0.256 e. The fraction of sp³-hybridized carbons (Fsp3) is 0.136. The molecule has 9 heteroatoms. The summed E-state index contributed by atoms with van der Waals surface area (Å²) in [5, 5.41) is 9.77. The lowest BCUT2D eigenvalue weighted by molar-refractivity contribution is 0.102. The van der Waals surface area contributed by atoms with Gasteiger partial charge in [-0.2, -0.15) is 9.78 Å². The average Bonchev–Trinajstić information content (AvgIpc) is 3.40.